The van der Waals surface area contributed by atoms with Crippen molar-refractivity contribution in [2.24, 2.45) is 0 Å². The van der Waals surface area contributed by atoms with Gasteiger partial charge in [0.2, 0.25) is 11.1 Å². The van der Waals surface area contributed by atoms with Crippen molar-refractivity contribution < 1.29 is 4.79 Å². The van der Waals surface area contributed by atoms with Crippen molar-refractivity contribution in [3.05, 3.63) is 68.5 Å². The lowest BCUT2D eigenvalue weighted by Crippen LogP contribution is -2.31. The Morgan fingerprint density at radius 2 is 2.11 bits per heavy atom. The molecule has 3 aromatic rings. The highest BCUT2D eigenvalue weighted by molar-refractivity contribution is 7.98. The molecule has 2 aliphatic rings. The highest BCUT2D eigenvalue weighted by atomic mass is 35.5. The van der Waals surface area contributed by atoms with Crippen LogP contribution in [0, 0.1) is 0 Å². The number of ketones is 1. The summed E-state index contributed by atoms with van der Waals surface area (Å²) in [5, 5.41) is 11.6. The highest BCUT2D eigenvalue weighted by Crippen LogP contribution is 2.41. The van der Waals surface area contributed by atoms with Gasteiger partial charge in [-0.2, -0.15) is 4.98 Å². The minimum absolute atomic E-state index is 0.184. The zero-order chi connectivity index (χ0) is 19.1. The van der Waals surface area contributed by atoms with Crippen LogP contribution < -0.4 is 5.32 Å². The zero-order valence-electron chi connectivity index (χ0n) is 14.9. The third-order valence-electron chi connectivity index (χ3n) is 4.94. The Morgan fingerprint density at radius 1 is 1.25 bits per heavy atom. The molecule has 28 heavy (non-hydrogen) atoms. The predicted molar refractivity (Wildman–Crippen MR) is 113 cm³/mol. The number of fused-ring (bicyclic) bond motifs is 1. The molecular formula is C20H17ClN4OS2. The zero-order valence-corrected chi connectivity index (χ0v) is 17.3. The second-order valence-electron chi connectivity index (χ2n) is 6.79. The average Bonchev–Trinajstić information content (AvgIpc) is 3.36. The molecule has 0 saturated heterocycles. The van der Waals surface area contributed by atoms with Gasteiger partial charge in [0, 0.05) is 33.3 Å². The molecule has 142 valence electrons. The van der Waals surface area contributed by atoms with Gasteiger partial charge < -0.3 is 5.32 Å². The van der Waals surface area contributed by atoms with Crippen molar-refractivity contribution in [3.63, 3.8) is 0 Å². The third kappa shape index (κ3) is 3.27. The Balaban J connectivity index is 1.47. The van der Waals surface area contributed by atoms with Gasteiger partial charge >= 0.3 is 0 Å². The van der Waals surface area contributed by atoms with Gasteiger partial charge in [-0.1, -0.05) is 41.6 Å². The summed E-state index contributed by atoms with van der Waals surface area (Å²) >= 11 is 9.19. The monoisotopic (exact) mass is 428 g/mol. The first-order valence-electron chi connectivity index (χ1n) is 9.09. The van der Waals surface area contributed by atoms with Crippen LogP contribution in [0.4, 0.5) is 5.95 Å². The van der Waals surface area contributed by atoms with E-state index in [0.717, 1.165) is 45.3 Å². The van der Waals surface area contributed by atoms with Crippen molar-refractivity contribution in [3.8, 4) is 0 Å². The van der Waals surface area contributed by atoms with E-state index >= 15 is 0 Å². The number of Topliss-reactive ketones (excluding diaryl/α,β-unsaturated/α-hetero) is 1. The summed E-state index contributed by atoms with van der Waals surface area (Å²) < 4.78 is 1.87. The van der Waals surface area contributed by atoms with E-state index < -0.39 is 0 Å². The van der Waals surface area contributed by atoms with Crippen LogP contribution in [0.5, 0.6) is 0 Å². The molecule has 0 amide bonds. The molecule has 8 heteroatoms. The van der Waals surface area contributed by atoms with Gasteiger partial charge in [0.1, 0.15) is 6.04 Å². The number of thiophene rings is 1. The molecule has 1 aliphatic carbocycles. The third-order valence-corrected chi connectivity index (χ3v) is 7.03. The molecule has 3 heterocycles. The number of carbonyl (C=O) groups excluding carboxylic acids is 1. The molecule has 5 rings (SSSR count). The van der Waals surface area contributed by atoms with Crippen LogP contribution in [0.2, 0.25) is 5.02 Å². The lowest BCUT2D eigenvalue weighted by atomic mass is 9.88. The average molecular weight is 429 g/mol. The molecule has 0 fully saturated rings. The first kappa shape index (κ1) is 18.0. The molecule has 2 aromatic heterocycles. The lowest BCUT2D eigenvalue weighted by Gasteiger charge is -2.31. The number of allylic oxidation sites excluding steroid dienone is 2. The maximum absolute atomic E-state index is 12.7. The summed E-state index contributed by atoms with van der Waals surface area (Å²) in [6.45, 7) is 0. The minimum atomic E-state index is -0.184. The second-order valence-corrected chi connectivity index (χ2v) is 9.15. The number of nitrogens with one attached hydrogen (secondary N) is 1. The number of carbonyl (C=O) groups is 1. The second kappa shape index (κ2) is 7.39. The molecule has 1 aromatic carbocycles. The summed E-state index contributed by atoms with van der Waals surface area (Å²) in [7, 11) is 0. The predicted octanol–water partition coefficient (Wildman–Crippen LogP) is 5.31. The van der Waals surface area contributed by atoms with E-state index in [1.807, 2.05) is 40.4 Å². The molecule has 0 unspecified atom stereocenters. The van der Waals surface area contributed by atoms with Crippen molar-refractivity contribution in [1.29, 1.82) is 0 Å². The van der Waals surface area contributed by atoms with Crippen LogP contribution in [0.1, 0.15) is 35.7 Å². The fourth-order valence-electron chi connectivity index (χ4n) is 3.64. The molecule has 0 bridgehead atoms. The van der Waals surface area contributed by atoms with Gasteiger partial charge in [-0.05, 0) is 42.0 Å². The number of hydrogen-bond acceptors (Lipinski definition) is 6. The fourth-order valence-corrected chi connectivity index (χ4v) is 5.37. The van der Waals surface area contributed by atoms with Crippen LogP contribution >= 0.6 is 34.7 Å². The topological polar surface area (TPSA) is 59.8 Å². The summed E-state index contributed by atoms with van der Waals surface area (Å²) in [5.74, 6) is 1.69. The van der Waals surface area contributed by atoms with Crippen LogP contribution in [0.3, 0.4) is 0 Å². The standard InChI is InChI=1S/C20H17ClN4OS2/c21-13-8-6-12(7-9-13)11-28-20-23-19-22-14-3-1-4-15(26)17(14)18(25(19)24-20)16-5-2-10-27-16/h2,5-10,18H,1,3-4,11H2,(H,22,23,24)/t18-/m1/s1. The summed E-state index contributed by atoms with van der Waals surface area (Å²) in [5.41, 5.74) is 3.02. The molecule has 1 N–H and O–H groups in total. The largest absolute Gasteiger partial charge is 0.328 e. The van der Waals surface area contributed by atoms with E-state index in [1.54, 1.807) is 23.1 Å². The summed E-state index contributed by atoms with van der Waals surface area (Å²) in [6.07, 6.45) is 2.36. The fraction of sp³-hybridized carbons (Fsp3) is 0.250. The van der Waals surface area contributed by atoms with Gasteiger partial charge in [0.05, 0.1) is 0 Å². The van der Waals surface area contributed by atoms with Crippen molar-refractivity contribution >= 4 is 46.4 Å². The Morgan fingerprint density at radius 3 is 2.89 bits per heavy atom. The lowest BCUT2D eigenvalue weighted by molar-refractivity contribution is -0.116. The van der Waals surface area contributed by atoms with Crippen molar-refractivity contribution in [2.45, 2.75) is 36.2 Å². The van der Waals surface area contributed by atoms with Crippen molar-refractivity contribution in [2.75, 3.05) is 5.32 Å². The van der Waals surface area contributed by atoms with Crippen LogP contribution in [-0.2, 0) is 10.5 Å². The number of halogens is 1. The smallest absolute Gasteiger partial charge is 0.227 e. The van der Waals surface area contributed by atoms with E-state index in [-0.39, 0.29) is 11.8 Å². The summed E-state index contributed by atoms with van der Waals surface area (Å²) in [6, 6.07) is 11.7. The molecule has 1 atom stereocenters. The van der Waals surface area contributed by atoms with Gasteiger partial charge in [-0.3, -0.25) is 4.79 Å². The van der Waals surface area contributed by atoms with Crippen LogP contribution in [0.15, 0.2) is 58.2 Å². The molecular weight excluding hydrogens is 412 g/mol. The van der Waals surface area contributed by atoms with E-state index in [0.29, 0.717) is 17.5 Å². The van der Waals surface area contributed by atoms with Gasteiger partial charge in [-0.25, -0.2) is 4.68 Å². The Bertz CT molecular complexity index is 1060. The van der Waals surface area contributed by atoms with E-state index in [4.69, 9.17) is 21.7 Å². The first-order valence-corrected chi connectivity index (χ1v) is 11.3. The van der Waals surface area contributed by atoms with Gasteiger partial charge in [0.15, 0.2) is 5.78 Å². The SMILES string of the molecule is O=C1CCCC2=C1[C@@H](c1cccs1)n1nc(SCc3ccc(Cl)cc3)nc1N2. The molecule has 0 radical (unpaired) electrons. The van der Waals surface area contributed by atoms with Gasteiger partial charge in [-0.15, -0.1) is 16.4 Å². The van der Waals surface area contributed by atoms with Crippen LogP contribution in [-0.4, -0.2) is 20.5 Å². The van der Waals surface area contributed by atoms with E-state index in [1.165, 1.54) is 0 Å². The molecule has 1 aliphatic heterocycles. The van der Waals surface area contributed by atoms with Crippen LogP contribution in [0.25, 0.3) is 0 Å². The maximum Gasteiger partial charge on any atom is 0.227 e. The van der Waals surface area contributed by atoms with E-state index in [9.17, 15) is 4.79 Å². The molecule has 0 saturated carbocycles. The number of hydrogen-bond donors (Lipinski definition) is 1. The number of thioether (sulfide) groups is 1. The molecule has 0 spiro atoms. The maximum atomic E-state index is 12.7. The minimum Gasteiger partial charge on any atom is -0.328 e. The van der Waals surface area contributed by atoms with Crippen molar-refractivity contribution in [1.82, 2.24) is 14.8 Å². The highest BCUT2D eigenvalue weighted by Gasteiger charge is 2.37. The Hall–Kier alpha value is -2.09. The normalized spacial score (nSPS) is 18.6. The number of aromatic nitrogens is 3. The number of anilines is 1. The number of benzene rings is 1. The number of rotatable bonds is 4. The van der Waals surface area contributed by atoms with Gasteiger partial charge in [0.25, 0.3) is 0 Å². The quantitative estimate of drug-likeness (QED) is 0.571. The molecule has 5 nitrogen and oxygen atoms in total. The van der Waals surface area contributed by atoms with E-state index in [2.05, 4.69) is 11.4 Å². The number of nitrogens with zero attached hydrogens (tertiary/aromatic N) is 3. The Labute approximate surface area is 175 Å². The Kier molecular flexibility index (Phi) is 4.74. The first-order chi connectivity index (χ1) is 13.7. The summed E-state index contributed by atoms with van der Waals surface area (Å²) in [4.78, 5) is 18.5.